The van der Waals surface area contributed by atoms with Crippen molar-refractivity contribution in [2.75, 3.05) is 13.6 Å². The van der Waals surface area contributed by atoms with Gasteiger partial charge in [-0.15, -0.1) is 0 Å². The maximum atomic E-state index is 12.4. The minimum atomic E-state index is -0.00121. The van der Waals surface area contributed by atoms with Gasteiger partial charge in [-0.2, -0.15) is 0 Å². The zero-order valence-corrected chi connectivity index (χ0v) is 30.9. The molecule has 3 heteroatoms. The highest BCUT2D eigenvalue weighted by molar-refractivity contribution is 5.69. The maximum Gasteiger partial charge on any atom is 0.306 e. The van der Waals surface area contributed by atoms with Gasteiger partial charge in [-0.25, -0.2) is 0 Å². The van der Waals surface area contributed by atoms with Crippen molar-refractivity contribution in [3.05, 3.63) is 36.5 Å². The molecule has 0 aromatic heterocycles. The SMILES string of the molecule is CCCCC/C=C\C/C=C\CCCCCCCCC(CCCCCCCC/C=C\CC(C)CCCCC)OC(=O)CCCNC. The number of rotatable bonds is 35. The number of hydrogen-bond acceptors (Lipinski definition) is 3. The lowest BCUT2D eigenvalue weighted by molar-refractivity contribution is -0.150. The number of hydrogen-bond donors (Lipinski definition) is 1. The van der Waals surface area contributed by atoms with Crippen LogP contribution in [0, 0.1) is 5.92 Å². The van der Waals surface area contributed by atoms with Crippen LogP contribution in [0.25, 0.3) is 0 Å². The van der Waals surface area contributed by atoms with E-state index in [4.69, 9.17) is 4.74 Å². The predicted molar refractivity (Wildman–Crippen MR) is 201 cm³/mol. The molecule has 45 heavy (non-hydrogen) atoms. The summed E-state index contributed by atoms with van der Waals surface area (Å²) in [6, 6.07) is 0. The van der Waals surface area contributed by atoms with Crippen LogP contribution in [0.4, 0.5) is 0 Å². The van der Waals surface area contributed by atoms with Gasteiger partial charge in [0.15, 0.2) is 0 Å². The molecule has 0 aliphatic heterocycles. The molecule has 2 unspecified atom stereocenters. The molecule has 0 bridgehead atoms. The molecule has 0 aromatic rings. The van der Waals surface area contributed by atoms with E-state index in [-0.39, 0.29) is 12.1 Å². The van der Waals surface area contributed by atoms with E-state index in [1.807, 2.05) is 7.05 Å². The van der Waals surface area contributed by atoms with Crippen molar-refractivity contribution >= 4 is 5.97 Å². The molecule has 0 aliphatic rings. The highest BCUT2D eigenvalue weighted by atomic mass is 16.5. The molecule has 0 spiro atoms. The predicted octanol–water partition coefficient (Wildman–Crippen LogP) is 13.4. The minimum Gasteiger partial charge on any atom is -0.462 e. The number of carbonyl (C=O) groups excluding carboxylic acids is 1. The first-order chi connectivity index (χ1) is 22.1. The summed E-state index contributed by atoms with van der Waals surface area (Å²) in [7, 11) is 1.94. The van der Waals surface area contributed by atoms with Crippen LogP contribution >= 0.6 is 0 Å². The smallest absolute Gasteiger partial charge is 0.306 e. The summed E-state index contributed by atoms with van der Waals surface area (Å²) in [6.45, 7) is 7.82. The summed E-state index contributed by atoms with van der Waals surface area (Å²) in [5, 5.41) is 3.13. The van der Waals surface area contributed by atoms with Crippen molar-refractivity contribution in [2.45, 2.75) is 207 Å². The van der Waals surface area contributed by atoms with E-state index in [9.17, 15) is 4.79 Å². The molecular weight excluding hydrogens is 550 g/mol. The molecule has 0 saturated heterocycles. The van der Waals surface area contributed by atoms with E-state index in [0.29, 0.717) is 6.42 Å². The second-order valence-electron chi connectivity index (χ2n) is 13.7. The van der Waals surface area contributed by atoms with Crippen LogP contribution in [0.1, 0.15) is 201 Å². The molecule has 0 fully saturated rings. The maximum absolute atomic E-state index is 12.4. The van der Waals surface area contributed by atoms with E-state index >= 15 is 0 Å². The van der Waals surface area contributed by atoms with E-state index in [2.05, 4.69) is 62.5 Å². The lowest BCUT2D eigenvalue weighted by Crippen LogP contribution is -2.19. The van der Waals surface area contributed by atoms with Crippen molar-refractivity contribution in [3.8, 4) is 0 Å². The van der Waals surface area contributed by atoms with E-state index in [1.165, 1.54) is 148 Å². The number of unbranched alkanes of at least 4 members (excludes halogenated alkanes) is 17. The third kappa shape index (κ3) is 35.4. The average molecular weight is 630 g/mol. The quantitative estimate of drug-likeness (QED) is 0.0430. The standard InChI is InChI=1S/C42H79NO2/c1-5-7-9-10-11-12-13-14-15-16-17-18-21-24-27-31-36-41(45-42(44)38-33-39-43-4)37-32-28-25-22-19-20-23-26-30-35-40(3)34-29-8-6-2/h11-12,14-15,26,30,40-41,43H,5-10,13,16-25,27-29,31-39H2,1-4H3/b12-11-,15-14-,30-26-. The fraction of sp³-hybridized carbons (Fsp3) is 0.833. The highest BCUT2D eigenvalue weighted by Gasteiger charge is 2.14. The van der Waals surface area contributed by atoms with Crippen molar-refractivity contribution in [2.24, 2.45) is 5.92 Å². The molecule has 0 aromatic carbocycles. The summed E-state index contributed by atoms with van der Waals surface area (Å²) >= 11 is 0. The van der Waals surface area contributed by atoms with Crippen LogP contribution in [-0.2, 0) is 9.53 Å². The summed E-state index contributed by atoms with van der Waals surface area (Å²) in [6.07, 6.45) is 48.7. The van der Waals surface area contributed by atoms with E-state index < -0.39 is 0 Å². The Morgan fingerprint density at radius 2 is 1.04 bits per heavy atom. The minimum absolute atomic E-state index is 0.00121. The first kappa shape index (κ1) is 43.6. The lowest BCUT2D eigenvalue weighted by Gasteiger charge is -2.18. The van der Waals surface area contributed by atoms with Crippen LogP contribution in [0.3, 0.4) is 0 Å². The monoisotopic (exact) mass is 630 g/mol. The Bertz CT molecular complexity index is 682. The van der Waals surface area contributed by atoms with Gasteiger partial charge in [-0.3, -0.25) is 4.79 Å². The fourth-order valence-electron chi connectivity index (χ4n) is 5.93. The second-order valence-corrected chi connectivity index (χ2v) is 13.7. The van der Waals surface area contributed by atoms with Crippen LogP contribution in [-0.4, -0.2) is 25.7 Å². The second kappa shape index (κ2) is 37.1. The van der Waals surface area contributed by atoms with E-state index in [0.717, 1.165) is 38.1 Å². The van der Waals surface area contributed by atoms with Gasteiger partial charge >= 0.3 is 5.97 Å². The summed E-state index contributed by atoms with van der Waals surface area (Å²) in [5.41, 5.74) is 0. The van der Waals surface area contributed by atoms with Gasteiger partial charge in [0.2, 0.25) is 0 Å². The van der Waals surface area contributed by atoms with Crippen LogP contribution < -0.4 is 5.32 Å². The zero-order valence-electron chi connectivity index (χ0n) is 30.9. The van der Waals surface area contributed by atoms with Gasteiger partial charge in [-0.05, 0) is 103 Å². The van der Waals surface area contributed by atoms with Crippen LogP contribution in [0.15, 0.2) is 36.5 Å². The summed E-state index contributed by atoms with van der Waals surface area (Å²) in [5.74, 6) is 0.836. The van der Waals surface area contributed by atoms with Crippen molar-refractivity contribution in [1.29, 1.82) is 0 Å². The molecule has 2 atom stereocenters. The molecule has 0 aliphatic carbocycles. The fourth-order valence-corrected chi connectivity index (χ4v) is 5.93. The van der Waals surface area contributed by atoms with Gasteiger partial charge in [-0.1, -0.05) is 147 Å². The molecule has 264 valence electrons. The topological polar surface area (TPSA) is 38.3 Å². The first-order valence-electron chi connectivity index (χ1n) is 19.9. The van der Waals surface area contributed by atoms with Gasteiger partial charge in [0.25, 0.3) is 0 Å². The van der Waals surface area contributed by atoms with Gasteiger partial charge < -0.3 is 10.1 Å². The van der Waals surface area contributed by atoms with Gasteiger partial charge in [0, 0.05) is 6.42 Å². The molecule has 0 rings (SSSR count). The van der Waals surface area contributed by atoms with Gasteiger partial charge in [0.1, 0.15) is 6.10 Å². The highest BCUT2D eigenvalue weighted by Crippen LogP contribution is 2.19. The average Bonchev–Trinajstić information content (AvgIpc) is 3.03. The molecule has 1 N–H and O–H groups in total. The van der Waals surface area contributed by atoms with Crippen molar-refractivity contribution in [3.63, 3.8) is 0 Å². The summed E-state index contributed by atoms with van der Waals surface area (Å²) < 4.78 is 5.96. The Balaban J connectivity index is 3.97. The lowest BCUT2D eigenvalue weighted by atomic mass is 9.99. The number of carbonyl (C=O) groups is 1. The molecule has 3 nitrogen and oxygen atoms in total. The largest absolute Gasteiger partial charge is 0.462 e. The zero-order chi connectivity index (χ0) is 32.9. The van der Waals surface area contributed by atoms with Gasteiger partial charge in [0.05, 0.1) is 0 Å². The number of ether oxygens (including phenoxy) is 1. The van der Waals surface area contributed by atoms with Crippen molar-refractivity contribution in [1.82, 2.24) is 5.32 Å². The number of esters is 1. The summed E-state index contributed by atoms with van der Waals surface area (Å²) in [4.78, 5) is 12.4. The molecular formula is C42H79NO2. The molecule has 0 radical (unpaired) electrons. The Kier molecular flexibility index (Phi) is 36.0. The molecule has 0 amide bonds. The third-order valence-corrected chi connectivity index (χ3v) is 8.99. The third-order valence-electron chi connectivity index (χ3n) is 8.99. The van der Waals surface area contributed by atoms with Crippen LogP contribution in [0.2, 0.25) is 0 Å². The number of nitrogens with one attached hydrogen (secondary N) is 1. The van der Waals surface area contributed by atoms with E-state index in [1.54, 1.807) is 0 Å². The Labute approximate surface area is 282 Å². The van der Waals surface area contributed by atoms with Crippen LogP contribution in [0.5, 0.6) is 0 Å². The normalized spacial score (nSPS) is 13.4. The molecule has 0 saturated carbocycles. The van der Waals surface area contributed by atoms with Crippen molar-refractivity contribution < 1.29 is 9.53 Å². The Hall–Kier alpha value is -1.35. The Morgan fingerprint density at radius 3 is 1.60 bits per heavy atom. The Morgan fingerprint density at radius 1 is 0.578 bits per heavy atom. The number of allylic oxidation sites excluding steroid dienone is 6. The molecule has 0 heterocycles. The first-order valence-corrected chi connectivity index (χ1v) is 19.9.